The molecule has 94 valence electrons. The lowest BCUT2D eigenvalue weighted by Crippen LogP contribution is -2.05. The number of aryl methyl sites for hydroxylation is 3. The molecule has 18 heavy (non-hydrogen) atoms. The van der Waals surface area contributed by atoms with Crippen molar-refractivity contribution < 1.29 is 9.50 Å². The van der Waals surface area contributed by atoms with Crippen LogP contribution in [0.25, 0.3) is 0 Å². The molecule has 0 bridgehead atoms. The minimum Gasteiger partial charge on any atom is -0.384 e. The molecule has 0 amide bonds. The molecule has 0 spiro atoms. The van der Waals surface area contributed by atoms with Crippen LogP contribution in [0.5, 0.6) is 0 Å². The summed E-state index contributed by atoms with van der Waals surface area (Å²) in [4.78, 5) is 0. The summed E-state index contributed by atoms with van der Waals surface area (Å²) in [6, 6.07) is 10.2. The van der Waals surface area contributed by atoms with Gasteiger partial charge in [0.1, 0.15) is 11.9 Å². The van der Waals surface area contributed by atoms with Crippen molar-refractivity contribution in [2.24, 2.45) is 0 Å². The van der Waals surface area contributed by atoms with Gasteiger partial charge in [-0.1, -0.05) is 29.8 Å². The molecule has 2 heteroatoms. The lowest BCUT2D eigenvalue weighted by atomic mass is 9.92. The predicted molar refractivity (Wildman–Crippen MR) is 71.1 cm³/mol. The van der Waals surface area contributed by atoms with Crippen LogP contribution in [-0.4, -0.2) is 5.11 Å². The minimum absolute atomic E-state index is 0.325. The Morgan fingerprint density at radius 1 is 1.00 bits per heavy atom. The molecule has 1 nitrogen and oxygen atoms in total. The first-order valence-corrected chi connectivity index (χ1v) is 6.00. The summed E-state index contributed by atoms with van der Waals surface area (Å²) in [6.07, 6.45) is -0.777. The van der Waals surface area contributed by atoms with Gasteiger partial charge in [-0.2, -0.15) is 0 Å². The number of hydrogen-bond acceptors (Lipinski definition) is 1. The fourth-order valence-electron chi connectivity index (χ4n) is 2.47. The molecular formula is C16H17FO. The average Bonchev–Trinajstić information content (AvgIpc) is 2.27. The van der Waals surface area contributed by atoms with E-state index in [4.69, 9.17) is 0 Å². The summed E-state index contributed by atoms with van der Waals surface area (Å²) < 4.78 is 13.2. The number of halogens is 1. The number of rotatable bonds is 2. The smallest absolute Gasteiger partial charge is 0.123 e. The molecule has 0 aromatic heterocycles. The molecule has 1 N–H and O–H groups in total. The van der Waals surface area contributed by atoms with Crippen LogP contribution in [0.15, 0.2) is 36.4 Å². The zero-order chi connectivity index (χ0) is 13.3. The highest BCUT2D eigenvalue weighted by Crippen LogP contribution is 2.28. The molecule has 0 fully saturated rings. The normalized spacial score (nSPS) is 12.5. The van der Waals surface area contributed by atoms with Gasteiger partial charge in [0.25, 0.3) is 0 Å². The Kier molecular flexibility index (Phi) is 3.48. The Balaban J connectivity index is 2.49. The molecular weight excluding hydrogens is 227 g/mol. The number of aliphatic hydroxyl groups is 1. The van der Waals surface area contributed by atoms with Gasteiger partial charge in [-0.05, 0) is 55.2 Å². The Morgan fingerprint density at radius 3 is 2.17 bits per heavy atom. The molecule has 2 rings (SSSR count). The zero-order valence-electron chi connectivity index (χ0n) is 10.9. The van der Waals surface area contributed by atoms with Crippen LogP contribution in [0, 0.1) is 26.6 Å². The number of hydrogen-bond donors (Lipinski definition) is 1. The third-order valence-electron chi connectivity index (χ3n) is 3.18. The lowest BCUT2D eigenvalue weighted by Gasteiger charge is -2.18. The van der Waals surface area contributed by atoms with Crippen LogP contribution in [0.2, 0.25) is 0 Å². The third-order valence-corrected chi connectivity index (χ3v) is 3.18. The summed E-state index contributed by atoms with van der Waals surface area (Å²) in [5.41, 5.74) is 4.69. The summed E-state index contributed by atoms with van der Waals surface area (Å²) in [6.45, 7) is 5.97. The second kappa shape index (κ2) is 4.91. The maximum atomic E-state index is 13.2. The van der Waals surface area contributed by atoms with E-state index in [1.165, 1.54) is 17.7 Å². The van der Waals surface area contributed by atoms with E-state index in [1.807, 2.05) is 32.9 Å². The van der Waals surface area contributed by atoms with E-state index in [2.05, 4.69) is 0 Å². The molecule has 0 aliphatic rings. The van der Waals surface area contributed by atoms with E-state index >= 15 is 0 Å². The molecule has 1 atom stereocenters. The lowest BCUT2D eigenvalue weighted by molar-refractivity contribution is 0.218. The molecule has 0 aliphatic heterocycles. The van der Waals surface area contributed by atoms with Crippen molar-refractivity contribution >= 4 is 0 Å². The van der Waals surface area contributed by atoms with Gasteiger partial charge in [0, 0.05) is 0 Å². The number of benzene rings is 2. The molecule has 2 aromatic carbocycles. The Labute approximate surface area is 107 Å². The summed E-state index contributed by atoms with van der Waals surface area (Å²) in [5.74, 6) is -0.325. The average molecular weight is 244 g/mol. The topological polar surface area (TPSA) is 20.2 Å². The van der Waals surface area contributed by atoms with E-state index in [-0.39, 0.29) is 5.82 Å². The summed E-state index contributed by atoms with van der Waals surface area (Å²) in [5, 5.41) is 10.4. The van der Waals surface area contributed by atoms with Gasteiger partial charge in [0.15, 0.2) is 0 Å². The van der Waals surface area contributed by atoms with E-state index in [1.54, 1.807) is 12.1 Å². The van der Waals surface area contributed by atoms with Crippen LogP contribution in [-0.2, 0) is 0 Å². The van der Waals surface area contributed by atoms with Crippen LogP contribution in [0.4, 0.5) is 4.39 Å². The fourth-order valence-corrected chi connectivity index (χ4v) is 2.47. The van der Waals surface area contributed by atoms with Crippen LogP contribution in [0.3, 0.4) is 0 Å². The van der Waals surface area contributed by atoms with Gasteiger partial charge in [-0.25, -0.2) is 4.39 Å². The van der Waals surface area contributed by atoms with Crippen LogP contribution < -0.4 is 0 Å². The summed E-state index contributed by atoms with van der Waals surface area (Å²) in [7, 11) is 0. The first-order chi connectivity index (χ1) is 8.49. The highest BCUT2D eigenvalue weighted by Gasteiger charge is 2.16. The molecule has 0 saturated carbocycles. The first kappa shape index (κ1) is 12.8. The Hall–Kier alpha value is -1.67. The second-order valence-corrected chi connectivity index (χ2v) is 4.77. The molecule has 0 heterocycles. The maximum Gasteiger partial charge on any atom is 0.123 e. The molecule has 0 radical (unpaired) electrons. The maximum absolute atomic E-state index is 13.2. The van der Waals surface area contributed by atoms with Crippen molar-refractivity contribution in [3.05, 3.63) is 70.0 Å². The SMILES string of the molecule is Cc1cc(C)c(C(O)c2cccc(F)c2)c(C)c1. The van der Waals surface area contributed by atoms with E-state index in [0.29, 0.717) is 5.56 Å². The van der Waals surface area contributed by atoms with Crippen molar-refractivity contribution in [3.63, 3.8) is 0 Å². The highest BCUT2D eigenvalue weighted by atomic mass is 19.1. The predicted octanol–water partition coefficient (Wildman–Crippen LogP) is 3.83. The van der Waals surface area contributed by atoms with Crippen molar-refractivity contribution in [1.29, 1.82) is 0 Å². The highest BCUT2D eigenvalue weighted by molar-refractivity contribution is 5.43. The standard InChI is InChI=1S/C16H17FO/c1-10-7-11(2)15(12(3)8-10)16(18)13-5-4-6-14(17)9-13/h4-9,16,18H,1-3H3. The second-order valence-electron chi connectivity index (χ2n) is 4.77. The van der Waals surface area contributed by atoms with Gasteiger partial charge in [0.05, 0.1) is 0 Å². The van der Waals surface area contributed by atoms with E-state index in [9.17, 15) is 9.50 Å². The largest absolute Gasteiger partial charge is 0.384 e. The van der Waals surface area contributed by atoms with Crippen molar-refractivity contribution in [2.75, 3.05) is 0 Å². The van der Waals surface area contributed by atoms with Gasteiger partial charge in [-0.15, -0.1) is 0 Å². The van der Waals surface area contributed by atoms with E-state index in [0.717, 1.165) is 16.7 Å². The van der Waals surface area contributed by atoms with Crippen LogP contribution in [0.1, 0.15) is 33.9 Å². The van der Waals surface area contributed by atoms with Crippen molar-refractivity contribution in [2.45, 2.75) is 26.9 Å². The van der Waals surface area contributed by atoms with Gasteiger partial charge in [0.2, 0.25) is 0 Å². The molecule has 0 saturated heterocycles. The Bertz CT molecular complexity index is 552. The van der Waals surface area contributed by atoms with Crippen LogP contribution >= 0.6 is 0 Å². The first-order valence-electron chi connectivity index (χ1n) is 6.00. The molecule has 2 aromatic rings. The molecule has 1 unspecified atom stereocenters. The molecule has 0 aliphatic carbocycles. The Morgan fingerprint density at radius 2 is 1.61 bits per heavy atom. The fraction of sp³-hybridized carbons (Fsp3) is 0.250. The third kappa shape index (κ3) is 2.44. The van der Waals surface area contributed by atoms with Crippen molar-refractivity contribution in [3.8, 4) is 0 Å². The quantitative estimate of drug-likeness (QED) is 0.851. The minimum atomic E-state index is -0.777. The zero-order valence-corrected chi connectivity index (χ0v) is 10.9. The van der Waals surface area contributed by atoms with Gasteiger partial charge < -0.3 is 5.11 Å². The van der Waals surface area contributed by atoms with Gasteiger partial charge >= 0.3 is 0 Å². The monoisotopic (exact) mass is 244 g/mol. The van der Waals surface area contributed by atoms with Gasteiger partial charge in [-0.3, -0.25) is 0 Å². The number of aliphatic hydroxyl groups excluding tert-OH is 1. The summed E-state index contributed by atoms with van der Waals surface area (Å²) >= 11 is 0. The van der Waals surface area contributed by atoms with E-state index < -0.39 is 6.10 Å². The van der Waals surface area contributed by atoms with Crippen molar-refractivity contribution in [1.82, 2.24) is 0 Å².